The van der Waals surface area contributed by atoms with Crippen molar-refractivity contribution in [3.63, 3.8) is 0 Å². The maximum Gasteiger partial charge on any atom is 0.305 e. The summed E-state index contributed by atoms with van der Waals surface area (Å²) in [6.07, 6.45) is 3.48. The van der Waals surface area contributed by atoms with E-state index in [1.165, 1.54) is 5.56 Å². The van der Waals surface area contributed by atoms with Gasteiger partial charge in [0, 0.05) is 12.5 Å². The molecule has 2 unspecified atom stereocenters. The molecule has 0 bridgehead atoms. The number of piperidine rings is 1. The van der Waals surface area contributed by atoms with E-state index in [4.69, 9.17) is 9.47 Å². The fraction of sp³-hybridized carbons (Fsp3) is 0.588. The lowest BCUT2D eigenvalue weighted by Gasteiger charge is -2.31. The number of carbonyl (C=O) groups excluding carboxylic acids is 1. The molecular formula is C17H26ClNO3. The minimum atomic E-state index is -0.0984. The van der Waals surface area contributed by atoms with E-state index in [0.717, 1.165) is 31.6 Å². The quantitative estimate of drug-likeness (QED) is 0.814. The molecule has 1 aliphatic rings. The molecule has 0 radical (unpaired) electrons. The number of para-hydroxylation sites is 1. The van der Waals surface area contributed by atoms with Crippen molar-refractivity contribution in [2.75, 3.05) is 20.3 Å². The minimum absolute atomic E-state index is 0. The van der Waals surface area contributed by atoms with Gasteiger partial charge in [0.25, 0.3) is 0 Å². The summed E-state index contributed by atoms with van der Waals surface area (Å²) in [4.78, 5) is 11.5. The van der Waals surface area contributed by atoms with Crippen LogP contribution < -0.4 is 10.1 Å². The van der Waals surface area contributed by atoms with Crippen LogP contribution in [0.5, 0.6) is 5.75 Å². The molecule has 1 fully saturated rings. The zero-order valence-electron chi connectivity index (χ0n) is 13.3. The van der Waals surface area contributed by atoms with E-state index < -0.39 is 0 Å². The molecule has 0 saturated carbocycles. The van der Waals surface area contributed by atoms with Crippen LogP contribution in [0.15, 0.2) is 24.3 Å². The van der Waals surface area contributed by atoms with Crippen molar-refractivity contribution in [1.29, 1.82) is 0 Å². The van der Waals surface area contributed by atoms with Crippen molar-refractivity contribution >= 4 is 18.4 Å². The number of nitrogens with one attached hydrogen (secondary N) is 1. The predicted molar refractivity (Wildman–Crippen MR) is 89.9 cm³/mol. The number of ether oxygens (including phenoxy) is 2. The van der Waals surface area contributed by atoms with Gasteiger partial charge >= 0.3 is 5.97 Å². The van der Waals surface area contributed by atoms with Crippen LogP contribution >= 0.6 is 12.4 Å². The van der Waals surface area contributed by atoms with Gasteiger partial charge in [-0.25, -0.2) is 0 Å². The summed E-state index contributed by atoms with van der Waals surface area (Å²) in [5.74, 6) is 1.36. The SMILES string of the molecule is CCOC(=O)CCC1CC(c2ccccc2OC)CCN1.Cl. The molecule has 1 aromatic rings. The highest BCUT2D eigenvalue weighted by Gasteiger charge is 2.25. The van der Waals surface area contributed by atoms with Gasteiger partial charge in [-0.15, -0.1) is 12.4 Å². The molecule has 1 N–H and O–H groups in total. The molecule has 0 aromatic heterocycles. The standard InChI is InChI=1S/C17H25NO3.ClH/c1-3-21-17(19)9-8-14-12-13(10-11-18-14)15-6-4-5-7-16(15)20-2;/h4-7,13-14,18H,3,8-12H2,1-2H3;1H. The van der Waals surface area contributed by atoms with Gasteiger partial charge in [-0.3, -0.25) is 4.79 Å². The molecule has 1 aliphatic heterocycles. The number of rotatable bonds is 6. The molecule has 0 amide bonds. The molecule has 0 aliphatic carbocycles. The van der Waals surface area contributed by atoms with Crippen molar-refractivity contribution in [2.45, 2.75) is 44.6 Å². The van der Waals surface area contributed by atoms with Gasteiger partial charge < -0.3 is 14.8 Å². The molecule has 124 valence electrons. The number of hydrogen-bond acceptors (Lipinski definition) is 4. The average molecular weight is 328 g/mol. The number of halogens is 1. The van der Waals surface area contributed by atoms with Gasteiger partial charge in [0.1, 0.15) is 5.75 Å². The molecule has 1 aromatic carbocycles. The first-order chi connectivity index (χ1) is 10.2. The van der Waals surface area contributed by atoms with Crippen molar-refractivity contribution in [1.82, 2.24) is 5.32 Å². The van der Waals surface area contributed by atoms with Crippen LogP contribution in [0, 0.1) is 0 Å². The summed E-state index contributed by atoms with van der Waals surface area (Å²) in [7, 11) is 1.72. The topological polar surface area (TPSA) is 47.6 Å². The summed E-state index contributed by atoms with van der Waals surface area (Å²) in [6.45, 7) is 3.28. The third-order valence-corrected chi connectivity index (χ3v) is 4.08. The molecule has 5 heteroatoms. The predicted octanol–water partition coefficient (Wildman–Crippen LogP) is 3.30. The highest BCUT2D eigenvalue weighted by molar-refractivity contribution is 5.85. The first-order valence-corrected chi connectivity index (χ1v) is 7.76. The minimum Gasteiger partial charge on any atom is -0.496 e. The van der Waals surface area contributed by atoms with Crippen LogP contribution in [0.25, 0.3) is 0 Å². The highest BCUT2D eigenvalue weighted by Crippen LogP contribution is 2.34. The Balaban J connectivity index is 0.00000242. The van der Waals surface area contributed by atoms with Crippen LogP contribution in [0.2, 0.25) is 0 Å². The van der Waals surface area contributed by atoms with E-state index in [2.05, 4.69) is 17.4 Å². The molecular weight excluding hydrogens is 302 g/mol. The smallest absolute Gasteiger partial charge is 0.305 e. The molecule has 2 atom stereocenters. The Morgan fingerprint density at radius 2 is 2.14 bits per heavy atom. The third-order valence-electron chi connectivity index (χ3n) is 4.08. The van der Waals surface area contributed by atoms with Gasteiger partial charge in [-0.2, -0.15) is 0 Å². The van der Waals surface area contributed by atoms with Crippen molar-refractivity contribution in [3.8, 4) is 5.75 Å². The Hall–Kier alpha value is -1.26. The lowest BCUT2D eigenvalue weighted by molar-refractivity contribution is -0.143. The van der Waals surface area contributed by atoms with E-state index in [-0.39, 0.29) is 18.4 Å². The maximum absolute atomic E-state index is 11.5. The Morgan fingerprint density at radius 1 is 1.36 bits per heavy atom. The molecule has 22 heavy (non-hydrogen) atoms. The summed E-state index contributed by atoms with van der Waals surface area (Å²) in [5.41, 5.74) is 1.28. The molecule has 2 rings (SSSR count). The molecule has 0 spiro atoms. The number of benzene rings is 1. The zero-order valence-corrected chi connectivity index (χ0v) is 14.2. The first-order valence-electron chi connectivity index (χ1n) is 7.76. The van der Waals surface area contributed by atoms with Gasteiger partial charge in [0.05, 0.1) is 13.7 Å². The van der Waals surface area contributed by atoms with Crippen LogP contribution in [-0.4, -0.2) is 32.3 Å². The van der Waals surface area contributed by atoms with E-state index >= 15 is 0 Å². The molecule has 1 heterocycles. The van der Waals surface area contributed by atoms with Crippen LogP contribution in [0.4, 0.5) is 0 Å². The fourth-order valence-corrected chi connectivity index (χ4v) is 3.04. The summed E-state index contributed by atoms with van der Waals surface area (Å²) < 4.78 is 10.5. The lowest BCUT2D eigenvalue weighted by atomic mass is 9.84. The normalized spacial score (nSPS) is 20.8. The van der Waals surface area contributed by atoms with Gasteiger partial charge in [-0.1, -0.05) is 18.2 Å². The third kappa shape index (κ3) is 5.18. The van der Waals surface area contributed by atoms with Crippen LogP contribution in [0.1, 0.15) is 44.1 Å². The van der Waals surface area contributed by atoms with Crippen LogP contribution in [0.3, 0.4) is 0 Å². The van der Waals surface area contributed by atoms with Crippen LogP contribution in [-0.2, 0) is 9.53 Å². The van der Waals surface area contributed by atoms with Crippen molar-refractivity contribution < 1.29 is 14.3 Å². The van der Waals surface area contributed by atoms with E-state index in [1.54, 1.807) is 7.11 Å². The van der Waals surface area contributed by atoms with E-state index in [9.17, 15) is 4.79 Å². The second kappa shape index (κ2) is 9.70. The molecule has 4 nitrogen and oxygen atoms in total. The number of hydrogen-bond donors (Lipinski definition) is 1. The second-order valence-corrected chi connectivity index (χ2v) is 5.46. The molecule has 1 saturated heterocycles. The Labute approximate surface area is 139 Å². The van der Waals surface area contributed by atoms with E-state index in [0.29, 0.717) is 25.0 Å². The Kier molecular flexibility index (Phi) is 8.28. The maximum atomic E-state index is 11.5. The highest BCUT2D eigenvalue weighted by atomic mass is 35.5. The van der Waals surface area contributed by atoms with Crippen molar-refractivity contribution in [2.24, 2.45) is 0 Å². The number of esters is 1. The lowest BCUT2D eigenvalue weighted by Crippen LogP contribution is -2.37. The summed E-state index contributed by atoms with van der Waals surface area (Å²) in [5, 5.41) is 3.51. The van der Waals surface area contributed by atoms with E-state index in [1.807, 2.05) is 19.1 Å². The summed E-state index contributed by atoms with van der Waals surface area (Å²) in [6, 6.07) is 8.61. The average Bonchev–Trinajstić information content (AvgIpc) is 2.53. The number of methoxy groups -OCH3 is 1. The number of carbonyl (C=O) groups is 1. The zero-order chi connectivity index (χ0) is 15.1. The van der Waals surface area contributed by atoms with Gasteiger partial charge in [0.15, 0.2) is 0 Å². The Morgan fingerprint density at radius 3 is 2.86 bits per heavy atom. The second-order valence-electron chi connectivity index (χ2n) is 5.46. The van der Waals surface area contributed by atoms with Crippen molar-refractivity contribution in [3.05, 3.63) is 29.8 Å². The fourth-order valence-electron chi connectivity index (χ4n) is 3.04. The first kappa shape index (κ1) is 18.8. The van der Waals surface area contributed by atoms with Gasteiger partial charge in [-0.05, 0) is 50.3 Å². The largest absolute Gasteiger partial charge is 0.496 e. The van der Waals surface area contributed by atoms with Gasteiger partial charge in [0.2, 0.25) is 0 Å². The Bertz CT molecular complexity index is 467. The monoisotopic (exact) mass is 327 g/mol. The summed E-state index contributed by atoms with van der Waals surface area (Å²) >= 11 is 0.